The van der Waals surface area contributed by atoms with Gasteiger partial charge in [0.2, 0.25) is 0 Å². The van der Waals surface area contributed by atoms with Gasteiger partial charge in [0.25, 0.3) is 0 Å². The summed E-state index contributed by atoms with van der Waals surface area (Å²) in [6, 6.07) is 11.8. The maximum atomic E-state index is 3.66. The fraction of sp³-hybridized carbons (Fsp3) is 0.375. The van der Waals surface area contributed by atoms with Gasteiger partial charge in [-0.3, -0.25) is 0 Å². The number of rotatable bonds is 4. The Morgan fingerprint density at radius 3 is 2.22 bits per heavy atom. The molecule has 1 aromatic heterocycles. The molecule has 0 amide bonds. The molecule has 2 heteroatoms. The molecule has 1 aromatic carbocycles. The minimum absolute atomic E-state index is 0.376. The Morgan fingerprint density at radius 1 is 1.00 bits per heavy atom. The van der Waals surface area contributed by atoms with E-state index in [4.69, 9.17) is 0 Å². The standard InChI is InChI=1S/C16H21NS/c1-11-8-12(2)10-15(9-11)13(3)17-14(4)16-6-5-7-18-16/h5-10,13-14,17H,1-4H3/t13?,14-/m1/s1. The summed E-state index contributed by atoms with van der Waals surface area (Å²) in [5, 5.41) is 5.80. The predicted molar refractivity (Wildman–Crippen MR) is 80.2 cm³/mol. The highest BCUT2D eigenvalue weighted by atomic mass is 32.1. The molecule has 1 nitrogen and oxygen atoms in total. The van der Waals surface area contributed by atoms with Crippen molar-refractivity contribution >= 4 is 11.3 Å². The van der Waals surface area contributed by atoms with Gasteiger partial charge in [0.15, 0.2) is 0 Å². The van der Waals surface area contributed by atoms with E-state index in [1.54, 1.807) is 0 Å². The first-order valence-corrected chi connectivity index (χ1v) is 7.32. The molecule has 0 saturated carbocycles. The van der Waals surface area contributed by atoms with Gasteiger partial charge in [-0.25, -0.2) is 0 Å². The highest BCUT2D eigenvalue weighted by Gasteiger charge is 2.12. The Balaban J connectivity index is 2.09. The first-order chi connectivity index (χ1) is 8.56. The molecule has 2 aromatic rings. The molecule has 2 atom stereocenters. The third-order valence-corrected chi connectivity index (χ3v) is 4.27. The molecule has 0 aliphatic heterocycles. The van der Waals surface area contributed by atoms with Crippen molar-refractivity contribution in [3.05, 3.63) is 57.3 Å². The summed E-state index contributed by atoms with van der Waals surface area (Å²) in [4.78, 5) is 1.39. The van der Waals surface area contributed by atoms with Crippen molar-refractivity contribution in [2.24, 2.45) is 0 Å². The van der Waals surface area contributed by atoms with Crippen molar-refractivity contribution in [3.63, 3.8) is 0 Å². The van der Waals surface area contributed by atoms with E-state index in [0.29, 0.717) is 12.1 Å². The molecule has 0 fully saturated rings. The molecule has 2 rings (SSSR count). The smallest absolute Gasteiger partial charge is 0.0391 e. The van der Waals surface area contributed by atoms with Crippen LogP contribution in [0.4, 0.5) is 0 Å². The second kappa shape index (κ2) is 5.68. The number of hydrogen-bond donors (Lipinski definition) is 1. The lowest BCUT2D eigenvalue weighted by atomic mass is 10.0. The molecule has 0 aliphatic rings. The van der Waals surface area contributed by atoms with Crippen molar-refractivity contribution in [3.8, 4) is 0 Å². The van der Waals surface area contributed by atoms with E-state index in [1.807, 2.05) is 11.3 Å². The fourth-order valence-corrected chi connectivity index (χ4v) is 3.09. The predicted octanol–water partition coefficient (Wildman–Crippen LogP) is 4.78. The highest BCUT2D eigenvalue weighted by Crippen LogP contribution is 2.23. The molecule has 0 aliphatic carbocycles. The zero-order valence-electron chi connectivity index (χ0n) is 11.5. The Kier molecular flexibility index (Phi) is 4.20. The maximum Gasteiger partial charge on any atom is 0.0391 e. The van der Waals surface area contributed by atoms with Crippen LogP contribution in [0.3, 0.4) is 0 Å². The maximum absolute atomic E-state index is 3.66. The van der Waals surface area contributed by atoms with Crippen LogP contribution in [0.1, 0.15) is 47.5 Å². The van der Waals surface area contributed by atoms with Crippen LogP contribution in [0.2, 0.25) is 0 Å². The molecule has 0 bridgehead atoms. The van der Waals surface area contributed by atoms with Crippen LogP contribution in [0.5, 0.6) is 0 Å². The van der Waals surface area contributed by atoms with E-state index in [9.17, 15) is 0 Å². The van der Waals surface area contributed by atoms with E-state index in [1.165, 1.54) is 21.6 Å². The molecule has 1 unspecified atom stereocenters. The zero-order chi connectivity index (χ0) is 13.1. The molecule has 0 radical (unpaired) electrons. The summed E-state index contributed by atoms with van der Waals surface area (Å²) in [5.41, 5.74) is 4.04. The number of nitrogens with one attached hydrogen (secondary N) is 1. The van der Waals surface area contributed by atoms with Gasteiger partial charge in [0, 0.05) is 17.0 Å². The van der Waals surface area contributed by atoms with Gasteiger partial charge in [-0.2, -0.15) is 0 Å². The van der Waals surface area contributed by atoms with E-state index < -0.39 is 0 Å². The number of hydrogen-bond acceptors (Lipinski definition) is 2. The molecule has 0 saturated heterocycles. The third-order valence-electron chi connectivity index (χ3n) is 3.21. The van der Waals surface area contributed by atoms with Crippen molar-refractivity contribution < 1.29 is 0 Å². The van der Waals surface area contributed by atoms with Gasteiger partial charge >= 0.3 is 0 Å². The molecular formula is C16H21NS. The first-order valence-electron chi connectivity index (χ1n) is 6.44. The lowest BCUT2D eigenvalue weighted by Crippen LogP contribution is -2.21. The van der Waals surface area contributed by atoms with Crippen LogP contribution in [0, 0.1) is 13.8 Å². The fourth-order valence-electron chi connectivity index (χ4n) is 2.35. The summed E-state index contributed by atoms with van der Waals surface area (Å²) in [7, 11) is 0. The van der Waals surface area contributed by atoms with Crippen molar-refractivity contribution in [1.82, 2.24) is 5.32 Å². The average Bonchev–Trinajstić information content (AvgIpc) is 2.80. The second-order valence-corrected chi connectivity index (χ2v) is 6.03. The van der Waals surface area contributed by atoms with Gasteiger partial charge in [0.05, 0.1) is 0 Å². The van der Waals surface area contributed by atoms with Crippen molar-refractivity contribution in [2.45, 2.75) is 39.8 Å². The Hall–Kier alpha value is -1.12. The molecular weight excluding hydrogens is 238 g/mol. The lowest BCUT2D eigenvalue weighted by Gasteiger charge is -2.20. The SMILES string of the molecule is Cc1cc(C)cc(C(C)N[C@H](C)c2cccs2)c1. The molecule has 0 spiro atoms. The topological polar surface area (TPSA) is 12.0 Å². The van der Waals surface area contributed by atoms with Crippen LogP contribution in [-0.4, -0.2) is 0 Å². The highest BCUT2D eigenvalue weighted by molar-refractivity contribution is 7.10. The summed E-state index contributed by atoms with van der Waals surface area (Å²) in [6.45, 7) is 8.78. The summed E-state index contributed by atoms with van der Waals surface area (Å²) in [6.07, 6.45) is 0. The Bertz CT molecular complexity index is 482. The van der Waals surface area contributed by atoms with E-state index in [-0.39, 0.29) is 0 Å². The molecule has 1 N–H and O–H groups in total. The Morgan fingerprint density at radius 2 is 1.67 bits per heavy atom. The first kappa shape index (κ1) is 13.3. The van der Waals surface area contributed by atoms with Gasteiger partial charge in [-0.15, -0.1) is 11.3 Å². The van der Waals surface area contributed by atoms with Crippen LogP contribution in [-0.2, 0) is 0 Å². The van der Waals surface area contributed by atoms with Gasteiger partial charge in [-0.05, 0) is 44.7 Å². The third kappa shape index (κ3) is 3.21. The summed E-state index contributed by atoms with van der Waals surface area (Å²) < 4.78 is 0. The molecule has 96 valence electrons. The van der Waals surface area contributed by atoms with Gasteiger partial charge in [0.1, 0.15) is 0 Å². The van der Waals surface area contributed by atoms with Crippen molar-refractivity contribution in [1.29, 1.82) is 0 Å². The zero-order valence-corrected chi connectivity index (χ0v) is 12.3. The van der Waals surface area contributed by atoms with E-state index >= 15 is 0 Å². The minimum Gasteiger partial charge on any atom is -0.303 e. The lowest BCUT2D eigenvalue weighted by molar-refractivity contribution is 0.500. The van der Waals surface area contributed by atoms with Crippen LogP contribution in [0.15, 0.2) is 35.7 Å². The van der Waals surface area contributed by atoms with E-state index in [0.717, 1.165) is 0 Å². The second-order valence-electron chi connectivity index (χ2n) is 5.05. The number of thiophene rings is 1. The quantitative estimate of drug-likeness (QED) is 0.833. The van der Waals surface area contributed by atoms with Crippen molar-refractivity contribution in [2.75, 3.05) is 0 Å². The van der Waals surface area contributed by atoms with Crippen LogP contribution < -0.4 is 5.32 Å². The molecule has 1 heterocycles. The average molecular weight is 259 g/mol. The van der Waals surface area contributed by atoms with Crippen LogP contribution >= 0.6 is 11.3 Å². The number of aryl methyl sites for hydroxylation is 2. The molecule has 18 heavy (non-hydrogen) atoms. The van der Waals surface area contributed by atoms with Gasteiger partial charge < -0.3 is 5.32 Å². The summed E-state index contributed by atoms with van der Waals surface area (Å²) >= 11 is 1.81. The number of benzene rings is 1. The normalized spacial score (nSPS) is 14.4. The Labute approximate surface area is 114 Å². The van der Waals surface area contributed by atoms with E-state index in [2.05, 4.69) is 68.7 Å². The minimum atomic E-state index is 0.376. The van der Waals surface area contributed by atoms with Crippen LogP contribution in [0.25, 0.3) is 0 Å². The van der Waals surface area contributed by atoms with Gasteiger partial charge in [-0.1, -0.05) is 35.4 Å². The monoisotopic (exact) mass is 259 g/mol. The summed E-state index contributed by atoms with van der Waals surface area (Å²) in [5.74, 6) is 0. The largest absolute Gasteiger partial charge is 0.303 e.